The van der Waals surface area contributed by atoms with Crippen molar-refractivity contribution in [2.75, 3.05) is 5.32 Å². The lowest BCUT2D eigenvalue weighted by Crippen LogP contribution is -2.37. The molecule has 0 radical (unpaired) electrons. The molecule has 0 spiro atoms. The highest BCUT2D eigenvalue weighted by molar-refractivity contribution is 7.14. The van der Waals surface area contributed by atoms with Gasteiger partial charge in [0.05, 0.1) is 28.0 Å². The van der Waals surface area contributed by atoms with Crippen LogP contribution in [-0.2, 0) is 20.5 Å². The van der Waals surface area contributed by atoms with Gasteiger partial charge in [0.15, 0.2) is 0 Å². The van der Waals surface area contributed by atoms with Crippen LogP contribution in [-0.4, -0.2) is 25.0 Å². The van der Waals surface area contributed by atoms with Crippen LogP contribution in [0.15, 0.2) is 46.1 Å². The van der Waals surface area contributed by atoms with E-state index in [0.717, 1.165) is 15.1 Å². The van der Waals surface area contributed by atoms with Gasteiger partial charge in [-0.2, -0.15) is 0 Å². The summed E-state index contributed by atoms with van der Waals surface area (Å²) in [5.74, 6) is -0.679. The van der Waals surface area contributed by atoms with Crippen molar-refractivity contribution in [1.82, 2.24) is 19.1 Å². The topological polar surface area (TPSA) is 98.9 Å². The van der Waals surface area contributed by atoms with Gasteiger partial charge in [-0.05, 0) is 30.7 Å². The first kappa shape index (κ1) is 20.6. The minimum absolute atomic E-state index is 0.223. The van der Waals surface area contributed by atoms with Crippen LogP contribution in [0.1, 0.15) is 25.9 Å². The molecule has 0 fully saturated rings. The standard InChI is InChI=1S/C21H18FN5O3S/c1-11-17(31-16(24-11)8-12-4-6-13(22)7-5-12)19(28)25-14-9-15-18(23-10-14)26(2)21(30)27(3)20(15)29/h4-7,9-10H,8H2,1-3H3,(H,25,28). The zero-order valence-corrected chi connectivity index (χ0v) is 17.8. The predicted octanol–water partition coefficient (Wildman–Crippen LogP) is 2.38. The summed E-state index contributed by atoms with van der Waals surface area (Å²) >= 11 is 1.25. The summed E-state index contributed by atoms with van der Waals surface area (Å²) in [5, 5.41) is 3.69. The Kier molecular flexibility index (Phi) is 5.24. The maximum absolute atomic E-state index is 13.1. The summed E-state index contributed by atoms with van der Waals surface area (Å²) in [6.07, 6.45) is 1.88. The fraction of sp³-hybridized carbons (Fsp3) is 0.190. The van der Waals surface area contributed by atoms with Crippen LogP contribution in [0, 0.1) is 12.7 Å². The predicted molar refractivity (Wildman–Crippen MR) is 116 cm³/mol. The smallest absolute Gasteiger partial charge is 0.320 e. The lowest BCUT2D eigenvalue weighted by atomic mass is 10.1. The van der Waals surface area contributed by atoms with Crippen molar-refractivity contribution in [3.63, 3.8) is 0 Å². The third-order valence-electron chi connectivity index (χ3n) is 4.87. The molecule has 0 aliphatic heterocycles. The molecule has 31 heavy (non-hydrogen) atoms. The number of aryl methyl sites for hydroxylation is 2. The number of nitrogens with one attached hydrogen (secondary N) is 1. The van der Waals surface area contributed by atoms with Crippen molar-refractivity contribution in [2.24, 2.45) is 14.1 Å². The van der Waals surface area contributed by atoms with E-state index in [-0.39, 0.29) is 22.8 Å². The number of hydrogen-bond donors (Lipinski definition) is 1. The van der Waals surface area contributed by atoms with Gasteiger partial charge >= 0.3 is 5.69 Å². The van der Waals surface area contributed by atoms with E-state index in [4.69, 9.17) is 0 Å². The number of fused-ring (bicyclic) bond motifs is 1. The Labute approximate surface area is 179 Å². The summed E-state index contributed by atoms with van der Waals surface area (Å²) in [7, 11) is 2.91. The van der Waals surface area contributed by atoms with Crippen LogP contribution in [0.25, 0.3) is 11.0 Å². The number of rotatable bonds is 4. The molecule has 0 saturated heterocycles. The number of thiazole rings is 1. The molecule has 1 aromatic carbocycles. The molecule has 158 valence electrons. The molecule has 4 rings (SSSR count). The second kappa shape index (κ2) is 7.88. The van der Waals surface area contributed by atoms with Gasteiger partial charge in [0, 0.05) is 20.5 Å². The maximum atomic E-state index is 13.1. The Balaban J connectivity index is 1.60. The molecule has 3 aromatic heterocycles. The van der Waals surface area contributed by atoms with Gasteiger partial charge in [0.2, 0.25) is 0 Å². The van der Waals surface area contributed by atoms with E-state index < -0.39 is 11.2 Å². The molecular weight excluding hydrogens is 421 g/mol. The molecular formula is C21H18FN5O3S. The number of nitrogens with zero attached hydrogens (tertiary/aromatic N) is 4. The molecule has 0 aliphatic carbocycles. The summed E-state index contributed by atoms with van der Waals surface area (Å²) in [6.45, 7) is 1.74. The van der Waals surface area contributed by atoms with Crippen molar-refractivity contribution in [3.05, 3.63) is 84.3 Å². The van der Waals surface area contributed by atoms with Crippen LogP contribution < -0.4 is 16.6 Å². The van der Waals surface area contributed by atoms with Gasteiger partial charge in [-0.15, -0.1) is 11.3 Å². The number of hydrogen-bond acceptors (Lipinski definition) is 6. The SMILES string of the molecule is Cc1nc(Cc2ccc(F)cc2)sc1C(=O)Nc1cnc2c(c1)c(=O)n(C)c(=O)n2C. The van der Waals surface area contributed by atoms with Crippen LogP contribution in [0.5, 0.6) is 0 Å². The Bertz CT molecular complexity index is 1440. The van der Waals surface area contributed by atoms with Gasteiger partial charge in [-0.3, -0.25) is 18.7 Å². The van der Waals surface area contributed by atoms with Crippen LogP contribution >= 0.6 is 11.3 Å². The lowest BCUT2D eigenvalue weighted by Gasteiger charge is -2.08. The quantitative estimate of drug-likeness (QED) is 0.526. The number of carbonyl (C=O) groups excluding carboxylic acids is 1. The number of anilines is 1. The lowest BCUT2D eigenvalue weighted by molar-refractivity contribution is 0.103. The van der Waals surface area contributed by atoms with Gasteiger partial charge < -0.3 is 5.32 Å². The minimum atomic E-state index is -0.489. The summed E-state index contributed by atoms with van der Waals surface area (Å²) < 4.78 is 15.4. The van der Waals surface area contributed by atoms with E-state index in [1.54, 1.807) is 19.1 Å². The van der Waals surface area contributed by atoms with Crippen molar-refractivity contribution in [2.45, 2.75) is 13.3 Å². The van der Waals surface area contributed by atoms with E-state index in [1.165, 1.54) is 54.4 Å². The van der Waals surface area contributed by atoms with E-state index >= 15 is 0 Å². The monoisotopic (exact) mass is 439 g/mol. The number of benzene rings is 1. The minimum Gasteiger partial charge on any atom is -0.320 e. The largest absolute Gasteiger partial charge is 0.332 e. The van der Waals surface area contributed by atoms with Gasteiger partial charge in [-0.25, -0.2) is 19.2 Å². The highest BCUT2D eigenvalue weighted by Gasteiger charge is 2.17. The Hall–Kier alpha value is -3.66. The number of pyridine rings is 1. The second-order valence-electron chi connectivity index (χ2n) is 7.08. The van der Waals surface area contributed by atoms with E-state index in [2.05, 4.69) is 15.3 Å². The molecule has 0 saturated carbocycles. The average molecular weight is 439 g/mol. The molecule has 0 unspecified atom stereocenters. The summed E-state index contributed by atoms with van der Waals surface area (Å²) in [4.78, 5) is 46.3. The molecule has 1 amide bonds. The van der Waals surface area contributed by atoms with E-state index in [0.29, 0.717) is 22.7 Å². The molecule has 10 heteroatoms. The van der Waals surface area contributed by atoms with Gasteiger partial charge in [0.25, 0.3) is 11.5 Å². The number of aromatic nitrogens is 4. The Morgan fingerprint density at radius 2 is 1.87 bits per heavy atom. The first-order valence-corrected chi connectivity index (χ1v) is 10.1. The highest BCUT2D eigenvalue weighted by atomic mass is 32.1. The third kappa shape index (κ3) is 3.89. The average Bonchev–Trinajstić information content (AvgIpc) is 3.12. The Morgan fingerprint density at radius 3 is 2.58 bits per heavy atom. The second-order valence-corrected chi connectivity index (χ2v) is 8.16. The first-order valence-electron chi connectivity index (χ1n) is 9.32. The van der Waals surface area contributed by atoms with E-state index in [9.17, 15) is 18.8 Å². The summed E-state index contributed by atoms with van der Waals surface area (Å²) in [5.41, 5.74) is 1.07. The summed E-state index contributed by atoms with van der Waals surface area (Å²) in [6, 6.07) is 7.63. The van der Waals surface area contributed by atoms with Crippen molar-refractivity contribution >= 4 is 34.0 Å². The molecule has 8 nitrogen and oxygen atoms in total. The number of carbonyl (C=O) groups is 1. The molecule has 0 aliphatic rings. The zero-order valence-electron chi connectivity index (χ0n) is 17.0. The van der Waals surface area contributed by atoms with Crippen molar-refractivity contribution in [3.8, 4) is 0 Å². The number of amides is 1. The van der Waals surface area contributed by atoms with Crippen LogP contribution in [0.2, 0.25) is 0 Å². The fourth-order valence-electron chi connectivity index (χ4n) is 3.24. The number of halogens is 1. The molecule has 1 N–H and O–H groups in total. The fourth-order valence-corrected chi connectivity index (χ4v) is 4.23. The van der Waals surface area contributed by atoms with Crippen LogP contribution in [0.4, 0.5) is 10.1 Å². The highest BCUT2D eigenvalue weighted by Crippen LogP contribution is 2.23. The zero-order chi connectivity index (χ0) is 22.3. The molecule has 0 bridgehead atoms. The molecule has 0 atom stereocenters. The first-order chi connectivity index (χ1) is 14.7. The normalized spacial score (nSPS) is 11.1. The van der Waals surface area contributed by atoms with Gasteiger partial charge in [0.1, 0.15) is 16.3 Å². The van der Waals surface area contributed by atoms with Gasteiger partial charge in [-0.1, -0.05) is 12.1 Å². The van der Waals surface area contributed by atoms with Crippen molar-refractivity contribution in [1.29, 1.82) is 0 Å². The van der Waals surface area contributed by atoms with Crippen LogP contribution in [0.3, 0.4) is 0 Å². The van der Waals surface area contributed by atoms with E-state index in [1.807, 2.05) is 0 Å². The molecule has 4 aromatic rings. The third-order valence-corrected chi connectivity index (χ3v) is 6.02. The molecule has 3 heterocycles. The maximum Gasteiger partial charge on any atom is 0.332 e. The van der Waals surface area contributed by atoms with Crippen molar-refractivity contribution < 1.29 is 9.18 Å². The Morgan fingerprint density at radius 1 is 1.16 bits per heavy atom.